The number of amides is 1. The Balaban J connectivity index is 1.38. The Morgan fingerprint density at radius 2 is 1.67 bits per heavy atom. The molecule has 2 bridgehead atoms. The summed E-state index contributed by atoms with van der Waals surface area (Å²) in [6.45, 7) is 0. The lowest BCUT2D eigenvalue weighted by Gasteiger charge is -2.29. The van der Waals surface area contributed by atoms with Crippen LogP contribution in [0.15, 0.2) is 0 Å². The first-order valence-corrected chi connectivity index (χ1v) is 7.81. The second-order valence-electron chi connectivity index (χ2n) is 7.08. The summed E-state index contributed by atoms with van der Waals surface area (Å²) in [4.78, 5) is 12.4. The molecule has 0 aromatic carbocycles. The van der Waals surface area contributed by atoms with Gasteiger partial charge in [-0.25, -0.2) is 0 Å². The number of nitrogens with two attached hydrogens (primary N) is 1. The number of hydrogen-bond acceptors (Lipinski definition) is 2. The standard InChI is InChI=1S/C15H24N2O/c16-10-3-1-2-4-11(10)17-15(18)14-12-8-5-6-9(7-8)13(12)14/h8-14H,1-7,16H2,(H,17,18)/t8?,9?,10-,11-,12?,13?,14?/m1/s1. The lowest BCUT2D eigenvalue weighted by molar-refractivity contribution is -0.124. The first-order valence-electron chi connectivity index (χ1n) is 7.81. The van der Waals surface area contributed by atoms with Crippen LogP contribution in [0.4, 0.5) is 0 Å². The van der Waals surface area contributed by atoms with Crippen LogP contribution >= 0.6 is 0 Å². The van der Waals surface area contributed by atoms with Crippen LogP contribution in [0.2, 0.25) is 0 Å². The van der Waals surface area contributed by atoms with Gasteiger partial charge < -0.3 is 11.1 Å². The monoisotopic (exact) mass is 248 g/mol. The quantitative estimate of drug-likeness (QED) is 0.781. The second kappa shape index (κ2) is 3.96. The highest BCUT2D eigenvalue weighted by atomic mass is 16.2. The van der Waals surface area contributed by atoms with Gasteiger partial charge in [0.1, 0.15) is 0 Å². The molecule has 3 heteroatoms. The van der Waals surface area contributed by atoms with Crippen LogP contribution in [0.5, 0.6) is 0 Å². The molecular formula is C15H24N2O. The van der Waals surface area contributed by atoms with Crippen molar-refractivity contribution >= 4 is 5.91 Å². The van der Waals surface area contributed by atoms with Gasteiger partial charge in [-0.3, -0.25) is 4.79 Å². The molecule has 3 nitrogen and oxygen atoms in total. The van der Waals surface area contributed by atoms with Crippen LogP contribution in [0.3, 0.4) is 0 Å². The van der Waals surface area contributed by atoms with Crippen molar-refractivity contribution in [1.29, 1.82) is 0 Å². The van der Waals surface area contributed by atoms with E-state index < -0.39 is 0 Å². The highest BCUT2D eigenvalue weighted by Gasteiger charge is 2.67. The van der Waals surface area contributed by atoms with Gasteiger partial charge in [-0.05, 0) is 55.8 Å². The van der Waals surface area contributed by atoms with Crippen LogP contribution in [-0.4, -0.2) is 18.0 Å². The van der Waals surface area contributed by atoms with Crippen LogP contribution in [-0.2, 0) is 4.79 Å². The molecular weight excluding hydrogens is 224 g/mol. The third-order valence-electron chi connectivity index (χ3n) is 6.19. The molecule has 0 spiro atoms. The first kappa shape index (κ1) is 11.3. The van der Waals surface area contributed by atoms with E-state index in [1.165, 1.54) is 32.1 Å². The van der Waals surface area contributed by atoms with Crippen LogP contribution in [0.25, 0.3) is 0 Å². The fourth-order valence-electron chi connectivity index (χ4n) is 5.29. The fraction of sp³-hybridized carbons (Fsp3) is 0.933. The molecule has 6 atom stereocenters. The molecule has 1 amide bonds. The minimum absolute atomic E-state index is 0.193. The molecule has 0 aromatic rings. The van der Waals surface area contributed by atoms with Gasteiger partial charge in [-0.2, -0.15) is 0 Å². The summed E-state index contributed by atoms with van der Waals surface area (Å²) >= 11 is 0. The number of rotatable bonds is 2. The molecule has 4 aliphatic rings. The summed E-state index contributed by atoms with van der Waals surface area (Å²) < 4.78 is 0. The van der Waals surface area contributed by atoms with E-state index in [9.17, 15) is 4.79 Å². The fourth-order valence-corrected chi connectivity index (χ4v) is 5.29. The van der Waals surface area contributed by atoms with Gasteiger partial charge in [0, 0.05) is 18.0 Å². The molecule has 0 heterocycles. The molecule has 18 heavy (non-hydrogen) atoms. The van der Waals surface area contributed by atoms with Gasteiger partial charge in [-0.1, -0.05) is 12.8 Å². The summed E-state index contributed by atoms with van der Waals surface area (Å²) in [5.74, 6) is 3.98. The Morgan fingerprint density at radius 3 is 2.33 bits per heavy atom. The summed E-state index contributed by atoms with van der Waals surface area (Å²) in [6.07, 6.45) is 8.81. The van der Waals surface area contributed by atoms with E-state index in [0.29, 0.717) is 11.8 Å². The molecule has 3 N–H and O–H groups in total. The Kier molecular flexibility index (Phi) is 2.48. The van der Waals surface area contributed by atoms with Crippen molar-refractivity contribution in [1.82, 2.24) is 5.32 Å². The number of hydrogen-bond donors (Lipinski definition) is 2. The van der Waals surface area contributed by atoms with Crippen molar-refractivity contribution in [3.63, 3.8) is 0 Å². The van der Waals surface area contributed by atoms with E-state index in [1.54, 1.807) is 0 Å². The summed E-state index contributed by atoms with van der Waals surface area (Å²) in [5, 5.41) is 3.26. The van der Waals surface area contributed by atoms with Crippen molar-refractivity contribution in [3.8, 4) is 0 Å². The maximum absolute atomic E-state index is 12.4. The van der Waals surface area contributed by atoms with Gasteiger partial charge in [0.05, 0.1) is 0 Å². The molecule has 4 saturated carbocycles. The zero-order chi connectivity index (χ0) is 12.3. The van der Waals surface area contributed by atoms with Gasteiger partial charge in [0.25, 0.3) is 0 Å². The van der Waals surface area contributed by atoms with Gasteiger partial charge >= 0.3 is 0 Å². The number of fused-ring (bicyclic) bond motifs is 5. The molecule has 0 aromatic heterocycles. The molecule has 100 valence electrons. The maximum atomic E-state index is 12.4. The minimum Gasteiger partial charge on any atom is -0.352 e. The number of nitrogens with one attached hydrogen (secondary N) is 1. The third kappa shape index (κ3) is 1.56. The Labute approximate surface area is 109 Å². The van der Waals surface area contributed by atoms with E-state index in [1.807, 2.05) is 0 Å². The second-order valence-corrected chi connectivity index (χ2v) is 7.08. The zero-order valence-corrected chi connectivity index (χ0v) is 11.0. The summed E-state index contributed by atoms with van der Waals surface area (Å²) in [7, 11) is 0. The van der Waals surface area contributed by atoms with E-state index in [-0.39, 0.29) is 12.1 Å². The van der Waals surface area contributed by atoms with Crippen molar-refractivity contribution < 1.29 is 4.79 Å². The smallest absolute Gasteiger partial charge is 0.223 e. The largest absolute Gasteiger partial charge is 0.352 e. The predicted molar refractivity (Wildman–Crippen MR) is 69.7 cm³/mol. The van der Waals surface area contributed by atoms with E-state index in [2.05, 4.69) is 5.32 Å². The van der Waals surface area contributed by atoms with Gasteiger partial charge in [0.2, 0.25) is 5.91 Å². The predicted octanol–water partition coefficient (Wildman–Crippen LogP) is 1.66. The zero-order valence-electron chi connectivity index (χ0n) is 11.0. The summed E-state index contributed by atoms with van der Waals surface area (Å²) in [5.41, 5.74) is 6.12. The Morgan fingerprint density at radius 1 is 1.00 bits per heavy atom. The normalized spacial score (nSPS) is 53.1. The van der Waals surface area contributed by atoms with Crippen molar-refractivity contribution in [2.45, 2.75) is 57.0 Å². The van der Waals surface area contributed by atoms with E-state index in [4.69, 9.17) is 5.73 Å². The van der Waals surface area contributed by atoms with Crippen LogP contribution in [0, 0.1) is 29.6 Å². The van der Waals surface area contributed by atoms with Gasteiger partial charge in [-0.15, -0.1) is 0 Å². The van der Waals surface area contributed by atoms with Gasteiger partial charge in [0.15, 0.2) is 0 Å². The SMILES string of the molecule is N[C@@H]1CCCC[C@H]1NC(=O)C1C2C3CCC(C3)C12. The maximum Gasteiger partial charge on any atom is 0.223 e. The van der Waals surface area contributed by atoms with Crippen LogP contribution in [0.1, 0.15) is 44.9 Å². The van der Waals surface area contributed by atoms with E-state index in [0.717, 1.165) is 36.5 Å². The summed E-state index contributed by atoms with van der Waals surface area (Å²) in [6, 6.07) is 0.447. The molecule has 4 unspecified atom stereocenters. The van der Waals surface area contributed by atoms with Crippen molar-refractivity contribution in [3.05, 3.63) is 0 Å². The number of carbonyl (C=O) groups excluding carboxylic acids is 1. The topological polar surface area (TPSA) is 55.1 Å². The first-order chi connectivity index (χ1) is 8.75. The molecule has 0 aliphatic heterocycles. The molecule has 0 radical (unpaired) electrons. The molecule has 4 aliphatic carbocycles. The average Bonchev–Trinajstić information content (AvgIpc) is 2.82. The van der Waals surface area contributed by atoms with E-state index >= 15 is 0 Å². The average molecular weight is 248 g/mol. The van der Waals surface area contributed by atoms with Crippen molar-refractivity contribution in [2.75, 3.05) is 0 Å². The lowest BCUT2D eigenvalue weighted by atomic mass is 9.90. The lowest BCUT2D eigenvalue weighted by Crippen LogP contribution is -2.50. The Bertz CT molecular complexity index is 354. The highest BCUT2D eigenvalue weighted by Crippen LogP contribution is 2.69. The third-order valence-corrected chi connectivity index (χ3v) is 6.19. The van der Waals surface area contributed by atoms with Crippen LogP contribution < -0.4 is 11.1 Å². The molecule has 4 fully saturated rings. The highest BCUT2D eigenvalue weighted by molar-refractivity contribution is 5.83. The number of carbonyl (C=O) groups is 1. The molecule has 4 rings (SSSR count). The Hall–Kier alpha value is -0.570. The minimum atomic E-state index is 0.193. The molecule has 0 saturated heterocycles. The van der Waals surface area contributed by atoms with Crippen molar-refractivity contribution in [2.24, 2.45) is 35.3 Å².